The van der Waals surface area contributed by atoms with E-state index in [1.54, 1.807) is 0 Å². The monoisotopic (exact) mass is 512 g/mol. The molecular weight excluding hydrogens is 492 g/mol. The van der Waals surface area contributed by atoms with Gasteiger partial charge in [-0.3, -0.25) is 15.6 Å². The zero-order valence-electron chi connectivity index (χ0n) is 18.5. The van der Waals surface area contributed by atoms with Crippen LogP contribution in [0.2, 0.25) is 5.02 Å². The van der Waals surface area contributed by atoms with Crippen LogP contribution in [0.1, 0.15) is 5.56 Å². The molecule has 1 heterocycles. The van der Waals surface area contributed by atoms with Crippen LogP contribution in [0.3, 0.4) is 0 Å². The van der Waals surface area contributed by atoms with Gasteiger partial charge in [-0.25, -0.2) is 4.39 Å². The fraction of sp³-hybridized carbons (Fsp3) is 0.261. The van der Waals surface area contributed by atoms with E-state index in [-0.39, 0.29) is 64.7 Å². The Labute approximate surface area is 203 Å². The predicted octanol–water partition coefficient (Wildman–Crippen LogP) is 4.73. The van der Waals surface area contributed by atoms with Crippen molar-refractivity contribution >= 4 is 29.2 Å². The maximum Gasteiger partial charge on any atom is 0.422 e. The number of amidine groups is 2. The minimum Gasteiger partial charge on any atom is -0.496 e. The first-order chi connectivity index (χ1) is 16.5. The predicted molar refractivity (Wildman–Crippen MR) is 123 cm³/mol. The molecule has 0 radical (unpaired) electrons. The second-order valence-corrected chi connectivity index (χ2v) is 7.87. The highest BCUT2D eigenvalue weighted by Crippen LogP contribution is 2.44. The van der Waals surface area contributed by atoms with E-state index in [0.717, 1.165) is 18.2 Å². The lowest BCUT2D eigenvalue weighted by Gasteiger charge is -2.36. The number of hydrogen-bond donors (Lipinski definition) is 2. The van der Waals surface area contributed by atoms with Crippen LogP contribution >= 0.6 is 11.6 Å². The molecule has 1 aliphatic rings. The van der Waals surface area contributed by atoms with Crippen molar-refractivity contribution in [2.24, 2.45) is 0 Å². The normalized spacial score (nSPS) is 14.1. The van der Waals surface area contributed by atoms with Crippen molar-refractivity contribution < 1.29 is 31.8 Å². The highest BCUT2D eigenvalue weighted by molar-refractivity contribution is 6.34. The summed E-state index contributed by atoms with van der Waals surface area (Å²) in [6.07, 6.45) is -3.57. The minimum atomic E-state index is -4.69. The lowest BCUT2D eigenvalue weighted by atomic mass is 9.99. The van der Waals surface area contributed by atoms with Crippen LogP contribution in [0.4, 0.5) is 17.6 Å². The van der Waals surface area contributed by atoms with Gasteiger partial charge in [0.15, 0.2) is 6.61 Å². The molecule has 0 bridgehead atoms. The summed E-state index contributed by atoms with van der Waals surface area (Å²) in [7, 11) is 1.27. The second-order valence-electron chi connectivity index (χ2n) is 7.46. The summed E-state index contributed by atoms with van der Waals surface area (Å²) >= 11 is 6.41. The van der Waals surface area contributed by atoms with E-state index in [9.17, 15) is 22.4 Å². The molecule has 1 aliphatic heterocycles. The third-order valence-corrected chi connectivity index (χ3v) is 5.48. The molecule has 12 heteroatoms. The maximum atomic E-state index is 14.8. The van der Waals surface area contributed by atoms with Crippen molar-refractivity contribution in [3.63, 3.8) is 0 Å². The van der Waals surface area contributed by atoms with E-state index in [0.29, 0.717) is 0 Å². The number of carbonyl (C=O) groups excluding carboxylic acids is 1. The zero-order valence-corrected chi connectivity index (χ0v) is 19.3. The standard InChI is InChI=1S/C23H21ClF4N4O3/c1-3-19(33)31-7-8-32(18(29)11-31)22(30)13-9-14(24)20(17(10-13)35-12-23(26,27)28)21-15(25)5-4-6-16(21)34-2/h3-6,9-10,29-30H,1,7-8,11-12H2,2H3. The summed E-state index contributed by atoms with van der Waals surface area (Å²) in [5.41, 5.74) is -0.321. The molecule has 2 N–H and O–H groups in total. The molecule has 0 aromatic heterocycles. The average molecular weight is 513 g/mol. The Morgan fingerprint density at radius 2 is 1.94 bits per heavy atom. The molecule has 7 nitrogen and oxygen atoms in total. The molecule has 186 valence electrons. The van der Waals surface area contributed by atoms with Crippen molar-refractivity contribution in [3.8, 4) is 22.6 Å². The van der Waals surface area contributed by atoms with E-state index < -0.39 is 24.3 Å². The SMILES string of the molecule is C=CC(=O)N1CCN(C(=N)c2cc(Cl)c(-c3c(F)cccc3OC)c(OCC(F)(F)F)c2)C(=N)C1. The smallest absolute Gasteiger partial charge is 0.422 e. The van der Waals surface area contributed by atoms with Crippen LogP contribution in [0.5, 0.6) is 11.5 Å². The summed E-state index contributed by atoms with van der Waals surface area (Å²) < 4.78 is 63.8. The van der Waals surface area contributed by atoms with Gasteiger partial charge in [-0.05, 0) is 30.3 Å². The van der Waals surface area contributed by atoms with E-state index in [1.807, 2.05) is 0 Å². The van der Waals surface area contributed by atoms with E-state index >= 15 is 0 Å². The highest BCUT2D eigenvalue weighted by atomic mass is 35.5. The summed E-state index contributed by atoms with van der Waals surface area (Å²) in [6.45, 7) is 1.94. The van der Waals surface area contributed by atoms with Crippen LogP contribution < -0.4 is 9.47 Å². The molecule has 0 aliphatic carbocycles. The number of nitrogens with one attached hydrogen (secondary N) is 2. The minimum absolute atomic E-state index is 0.0244. The van der Waals surface area contributed by atoms with Gasteiger partial charge in [-0.15, -0.1) is 0 Å². The average Bonchev–Trinajstić information content (AvgIpc) is 2.81. The number of rotatable bonds is 6. The fourth-order valence-corrected chi connectivity index (χ4v) is 3.88. The maximum absolute atomic E-state index is 14.8. The lowest BCUT2D eigenvalue weighted by molar-refractivity contribution is -0.153. The molecule has 0 unspecified atom stereocenters. The van der Waals surface area contributed by atoms with Gasteiger partial charge in [0.25, 0.3) is 0 Å². The first kappa shape index (κ1) is 26.0. The van der Waals surface area contributed by atoms with Crippen LogP contribution in [-0.2, 0) is 4.79 Å². The quantitative estimate of drug-likeness (QED) is 0.253. The van der Waals surface area contributed by atoms with E-state index in [1.165, 1.54) is 35.1 Å². The van der Waals surface area contributed by atoms with Gasteiger partial charge in [0, 0.05) is 24.2 Å². The molecule has 0 atom stereocenters. The Morgan fingerprint density at radius 3 is 2.54 bits per heavy atom. The third-order valence-electron chi connectivity index (χ3n) is 5.18. The number of ether oxygens (including phenoxy) is 2. The number of amides is 1. The molecule has 1 fully saturated rings. The summed E-state index contributed by atoms with van der Waals surface area (Å²) in [4.78, 5) is 14.5. The lowest BCUT2D eigenvalue weighted by Crippen LogP contribution is -2.53. The number of carbonyl (C=O) groups is 1. The number of halogens is 5. The number of benzene rings is 2. The number of hydrogen-bond acceptors (Lipinski definition) is 5. The molecule has 35 heavy (non-hydrogen) atoms. The van der Waals surface area contributed by atoms with Crippen molar-refractivity contribution in [1.29, 1.82) is 10.8 Å². The molecule has 1 saturated heterocycles. The topological polar surface area (TPSA) is 89.7 Å². The van der Waals surface area contributed by atoms with Crippen LogP contribution in [0.25, 0.3) is 11.1 Å². The van der Waals surface area contributed by atoms with Crippen molar-refractivity contribution in [1.82, 2.24) is 9.80 Å². The Bertz CT molecular complexity index is 1190. The number of piperazine rings is 1. The van der Waals surface area contributed by atoms with E-state index in [4.69, 9.17) is 31.9 Å². The fourth-order valence-electron chi connectivity index (χ4n) is 3.57. The Kier molecular flexibility index (Phi) is 7.69. The van der Waals surface area contributed by atoms with Crippen molar-refractivity contribution in [2.45, 2.75) is 6.18 Å². The largest absolute Gasteiger partial charge is 0.496 e. The third kappa shape index (κ3) is 5.73. The van der Waals surface area contributed by atoms with Crippen LogP contribution in [0.15, 0.2) is 43.0 Å². The first-order valence-corrected chi connectivity index (χ1v) is 10.6. The van der Waals surface area contributed by atoms with Gasteiger partial charge < -0.3 is 19.3 Å². The Morgan fingerprint density at radius 1 is 1.23 bits per heavy atom. The number of nitrogens with zero attached hydrogens (tertiary/aromatic N) is 2. The molecule has 0 saturated carbocycles. The van der Waals surface area contributed by atoms with Gasteiger partial charge in [0.05, 0.1) is 24.2 Å². The molecule has 2 aromatic rings. The van der Waals surface area contributed by atoms with Gasteiger partial charge in [-0.2, -0.15) is 13.2 Å². The molecule has 3 rings (SSSR count). The summed E-state index contributed by atoms with van der Waals surface area (Å²) in [5, 5.41) is 16.6. The van der Waals surface area contributed by atoms with Crippen LogP contribution in [0, 0.1) is 16.6 Å². The zero-order chi connectivity index (χ0) is 25.9. The van der Waals surface area contributed by atoms with Crippen LogP contribution in [-0.4, -0.2) is 66.9 Å². The Hall–Kier alpha value is -3.60. The number of methoxy groups -OCH3 is 1. The van der Waals surface area contributed by atoms with Gasteiger partial charge in [0.1, 0.15) is 29.0 Å². The summed E-state index contributed by atoms with van der Waals surface area (Å²) in [5.74, 6) is -1.87. The van der Waals surface area contributed by atoms with Gasteiger partial charge >= 0.3 is 6.18 Å². The molecule has 2 aromatic carbocycles. The van der Waals surface area contributed by atoms with Gasteiger partial charge in [0.2, 0.25) is 5.91 Å². The molecular formula is C23H21ClF4N4O3. The highest BCUT2D eigenvalue weighted by Gasteiger charge is 2.31. The molecule has 1 amide bonds. The van der Waals surface area contributed by atoms with Crippen molar-refractivity contribution in [2.75, 3.05) is 33.4 Å². The summed E-state index contributed by atoms with van der Waals surface area (Å²) in [6, 6.07) is 6.30. The Balaban J connectivity index is 2.04. The molecule has 0 spiro atoms. The van der Waals surface area contributed by atoms with Gasteiger partial charge in [-0.1, -0.05) is 24.2 Å². The first-order valence-electron chi connectivity index (χ1n) is 10.2. The van der Waals surface area contributed by atoms with Crippen molar-refractivity contribution in [3.05, 3.63) is 59.4 Å². The second kappa shape index (κ2) is 10.3. The number of alkyl halides is 3. The van der Waals surface area contributed by atoms with E-state index in [2.05, 4.69) is 6.58 Å².